The Morgan fingerprint density at radius 1 is 1.07 bits per heavy atom. The highest BCUT2D eigenvalue weighted by Crippen LogP contribution is 2.16. The highest BCUT2D eigenvalue weighted by Gasteiger charge is 2.32. The number of rotatable bonds is 12. The molecule has 0 fully saturated rings. The predicted octanol–water partition coefficient (Wildman–Crippen LogP) is 3.58. The van der Waals surface area contributed by atoms with Crippen LogP contribution >= 0.6 is 12.0 Å². The van der Waals surface area contributed by atoms with Gasteiger partial charge in [0, 0.05) is 24.9 Å². The van der Waals surface area contributed by atoms with Crippen LogP contribution in [0.4, 0.5) is 4.79 Å². The van der Waals surface area contributed by atoms with Gasteiger partial charge in [-0.15, -0.1) is 0 Å². The molecule has 0 aliphatic carbocycles. The summed E-state index contributed by atoms with van der Waals surface area (Å²) in [5.41, 5.74) is 0. The van der Waals surface area contributed by atoms with Crippen LogP contribution in [0.2, 0.25) is 0 Å². The topological polar surface area (TPSA) is 97.0 Å². The standard InChI is InChI=1S/C20H37N3O5S.CH4/c1-9-29-27-12-23(19(25)18(14(4)5)28-20(26)21-8)15(6)10-11-17(24)22-16(7)13(2)3;/h10-11,13-16,18H,9,12H2,1-8H3,(H,21,26)(H,22,24);1H4/b11-10+;. The van der Waals surface area contributed by atoms with Crippen LogP contribution in [0.3, 0.4) is 0 Å². The van der Waals surface area contributed by atoms with Gasteiger partial charge in [-0.05, 0) is 37.7 Å². The zero-order chi connectivity index (χ0) is 22.6. The van der Waals surface area contributed by atoms with Crippen molar-refractivity contribution < 1.29 is 23.3 Å². The van der Waals surface area contributed by atoms with Crippen LogP contribution in [0.1, 0.15) is 55.9 Å². The van der Waals surface area contributed by atoms with Crippen molar-refractivity contribution in [3.63, 3.8) is 0 Å². The van der Waals surface area contributed by atoms with E-state index >= 15 is 0 Å². The summed E-state index contributed by atoms with van der Waals surface area (Å²) in [7, 11) is 1.44. The Morgan fingerprint density at radius 3 is 2.13 bits per heavy atom. The summed E-state index contributed by atoms with van der Waals surface area (Å²) in [5.74, 6) is 0.206. The molecular formula is C21H41N3O5S. The molecule has 9 heteroatoms. The molecule has 0 aromatic carbocycles. The minimum atomic E-state index is -0.962. The second kappa shape index (κ2) is 16.0. The average molecular weight is 448 g/mol. The van der Waals surface area contributed by atoms with Crippen LogP contribution in [-0.2, 0) is 18.5 Å². The molecule has 0 aliphatic rings. The third-order valence-corrected chi connectivity index (χ3v) is 4.86. The number of hydrogen-bond donors (Lipinski definition) is 2. The Kier molecular flexibility index (Phi) is 16.3. The summed E-state index contributed by atoms with van der Waals surface area (Å²) >= 11 is 1.23. The average Bonchev–Trinajstić information content (AvgIpc) is 2.66. The number of hydrogen-bond acceptors (Lipinski definition) is 6. The van der Waals surface area contributed by atoms with E-state index in [1.807, 2.05) is 27.7 Å². The molecule has 0 saturated heterocycles. The van der Waals surface area contributed by atoms with Crippen molar-refractivity contribution in [1.82, 2.24) is 15.5 Å². The van der Waals surface area contributed by atoms with Gasteiger partial charge in [-0.25, -0.2) is 4.79 Å². The third-order valence-electron chi connectivity index (χ3n) is 4.35. The molecule has 0 aliphatic heterocycles. The van der Waals surface area contributed by atoms with Crippen molar-refractivity contribution in [3.8, 4) is 0 Å². The highest BCUT2D eigenvalue weighted by molar-refractivity contribution is 7.94. The summed E-state index contributed by atoms with van der Waals surface area (Å²) in [4.78, 5) is 38.3. The van der Waals surface area contributed by atoms with Gasteiger partial charge in [0.1, 0.15) is 6.73 Å². The zero-order valence-electron chi connectivity index (χ0n) is 18.9. The molecule has 0 radical (unpaired) electrons. The summed E-state index contributed by atoms with van der Waals surface area (Å²) in [6.07, 6.45) is 1.42. The molecule has 0 aromatic rings. The molecule has 0 rings (SSSR count). The summed E-state index contributed by atoms with van der Waals surface area (Å²) in [6, 6.07) is -0.398. The van der Waals surface area contributed by atoms with Gasteiger partial charge in [-0.2, -0.15) is 0 Å². The SMILES string of the molecule is C.CCSOCN(C(=O)C(OC(=O)NC)C(C)C)C(C)/C=C/C(=O)NC(C)C(C)C. The Bertz CT molecular complexity index is 555. The summed E-state index contributed by atoms with van der Waals surface area (Å²) < 4.78 is 10.7. The van der Waals surface area contributed by atoms with Gasteiger partial charge in [0.15, 0.2) is 6.10 Å². The first-order valence-electron chi connectivity index (χ1n) is 9.96. The van der Waals surface area contributed by atoms with Crippen LogP contribution in [-0.4, -0.2) is 60.5 Å². The molecule has 3 unspecified atom stereocenters. The molecule has 176 valence electrons. The van der Waals surface area contributed by atoms with Gasteiger partial charge >= 0.3 is 6.09 Å². The lowest BCUT2D eigenvalue weighted by Gasteiger charge is -2.31. The first kappa shape index (κ1) is 30.5. The molecule has 8 nitrogen and oxygen atoms in total. The van der Waals surface area contributed by atoms with Crippen LogP contribution in [0.15, 0.2) is 12.2 Å². The Morgan fingerprint density at radius 2 is 1.67 bits per heavy atom. The van der Waals surface area contributed by atoms with E-state index in [1.54, 1.807) is 26.8 Å². The molecule has 0 spiro atoms. The maximum atomic E-state index is 13.1. The molecule has 0 heterocycles. The van der Waals surface area contributed by atoms with Gasteiger partial charge in [-0.1, -0.05) is 48.1 Å². The van der Waals surface area contributed by atoms with Crippen LogP contribution in [0.25, 0.3) is 0 Å². The number of carbonyl (C=O) groups excluding carboxylic acids is 3. The second-order valence-corrected chi connectivity index (χ2v) is 8.47. The number of nitrogens with zero attached hydrogens (tertiary/aromatic N) is 1. The van der Waals surface area contributed by atoms with E-state index in [1.165, 1.54) is 30.1 Å². The molecule has 0 aromatic heterocycles. The van der Waals surface area contributed by atoms with E-state index in [9.17, 15) is 14.4 Å². The number of carbonyl (C=O) groups is 3. The van der Waals surface area contributed by atoms with Crippen molar-refractivity contribution in [2.24, 2.45) is 11.8 Å². The fourth-order valence-corrected chi connectivity index (χ4v) is 2.49. The van der Waals surface area contributed by atoms with Crippen molar-refractivity contribution in [1.29, 1.82) is 0 Å². The van der Waals surface area contributed by atoms with Crippen LogP contribution < -0.4 is 10.6 Å². The van der Waals surface area contributed by atoms with E-state index in [4.69, 9.17) is 8.92 Å². The Labute approximate surface area is 186 Å². The fourth-order valence-electron chi connectivity index (χ4n) is 2.14. The smallest absolute Gasteiger partial charge is 0.407 e. The van der Waals surface area contributed by atoms with Crippen LogP contribution in [0.5, 0.6) is 0 Å². The molecule has 0 bridgehead atoms. The second-order valence-electron chi connectivity index (χ2n) is 7.42. The maximum Gasteiger partial charge on any atom is 0.407 e. The van der Waals surface area contributed by atoms with Gasteiger partial charge in [0.2, 0.25) is 5.91 Å². The third kappa shape index (κ3) is 11.4. The molecule has 3 amide bonds. The van der Waals surface area contributed by atoms with E-state index in [2.05, 4.69) is 10.6 Å². The largest absolute Gasteiger partial charge is 0.436 e. The van der Waals surface area contributed by atoms with E-state index < -0.39 is 18.2 Å². The molecule has 0 saturated carbocycles. The first-order valence-corrected chi connectivity index (χ1v) is 10.9. The normalized spacial score (nSPS) is 14.1. The minimum Gasteiger partial charge on any atom is -0.436 e. The molecule has 3 atom stereocenters. The lowest BCUT2D eigenvalue weighted by Crippen LogP contribution is -2.48. The van der Waals surface area contributed by atoms with Crippen molar-refractivity contribution >= 4 is 30.0 Å². The highest BCUT2D eigenvalue weighted by atomic mass is 32.2. The molecule has 2 N–H and O–H groups in total. The zero-order valence-corrected chi connectivity index (χ0v) is 19.7. The quantitative estimate of drug-likeness (QED) is 0.205. The maximum absolute atomic E-state index is 13.1. The van der Waals surface area contributed by atoms with Gasteiger partial charge in [0.25, 0.3) is 5.91 Å². The monoisotopic (exact) mass is 447 g/mol. The van der Waals surface area contributed by atoms with Gasteiger partial charge in [0.05, 0.1) is 6.04 Å². The Balaban J connectivity index is 0. The molecular weight excluding hydrogens is 406 g/mol. The summed E-state index contributed by atoms with van der Waals surface area (Å²) in [6.45, 7) is 13.3. The number of alkyl carbamates (subject to hydrolysis) is 1. The van der Waals surface area contributed by atoms with Crippen molar-refractivity contribution in [2.75, 3.05) is 19.5 Å². The Hall–Kier alpha value is -1.74. The van der Waals surface area contributed by atoms with Gasteiger partial charge < -0.3 is 20.3 Å². The lowest BCUT2D eigenvalue weighted by molar-refractivity contribution is -0.146. The van der Waals surface area contributed by atoms with Gasteiger partial charge in [-0.3, -0.25) is 13.8 Å². The van der Waals surface area contributed by atoms with Crippen molar-refractivity contribution in [3.05, 3.63) is 12.2 Å². The number of amides is 3. The van der Waals surface area contributed by atoms with E-state index in [0.29, 0.717) is 5.92 Å². The van der Waals surface area contributed by atoms with Crippen LogP contribution in [0, 0.1) is 11.8 Å². The molecule has 30 heavy (non-hydrogen) atoms. The fraction of sp³-hybridized carbons (Fsp3) is 0.762. The number of ether oxygens (including phenoxy) is 1. The summed E-state index contributed by atoms with van der Waals surface area (Å²) in [5, 5.41) is 5.25. The first-order chi connectivity index (χ1) is 13.5. The van der Waals surface area contributed by atoms with E-state index in [-0.39, 0.29) is 37.9 Å². The predicted molar refractivity (Wildman–Crippen MR) is 123 cm³/mol. The van der Waals surface area contributed by atoms with Crippen molar-refractivity contribution in [2.45, 2.75) is 74.1 Å². The number of nitrogens with one attached hydrogen (secondary N) is 2. The minimum absolute atomic E-state index is 0. The lowest BCUT2D eigenvalue weighted by atomic mass is 10.1. The van der Waals surface area contributed by atoms with E-state index in [0.717, 1.165) is 5.75 Å².